The van der Waals surface area contributed by atoms with Crippen LogP contribution in [0, 0.1) is 5.92 Å². The molecule has 0 aromatic heterocycles. The molecule has 0 bridgehead atoms. The summed E-state index contributed by atoms with van der Waals surface area (Å²) >= 11 is 0. The highest BCUT2D eigenvalue weighted by molar-refractivity contribution is 5.94. The van der Waals surface area contributed by atoms with Gasteiger partial charge in [0.05, 0.1) is 0 Å². The molecule has 4 heteroatoms. The summed E-state index contributed by atoms with van der Waals surface area (Å²) in [7, 11) is 3.95. The fourth-order valence-corrected chi connectivity index (χ4v) is 2.57. The van der Waals surface area contributed by atoms with Gasteiger partial charge in [-0.3, -0.25) is 9.59 Å². The fourth-order valence-electron chi connectivity index (χ4n) is 2.57. The number of hydrogen-bond donors (Lipinski definition) is 0. The van der Waals surface area contributed by atoms with Crippen molar-refractivity contribution in [3.8, 4) is 0 Å². The van der Waals surface area contributed by atoms with E-state index in [0.717, 1.165) is 24.1 Å². The average molecular weight is 274 g/mol. The molecule has 20 heavy (non-hydrogen) atoms. The Morgan fingerprint density at radius 1 is 1.10 bits per heavy atom. The number of rotatable bonds is 3. The molecule has 0 atom stereocenters. The molecule has 0 spiro atoms. The minimum absolute atomic E-state index is 0.0670. The van der Waals surface area contributed by atoms with Crippen LogP contribution in [-0.4, -0.2) is 43.8 Å². The second-order valence-corrected chi connectivity index (χ2v) is 5.62. The van der Waals surface area contributed by atoms with E-state index in [0.29, 0.717) is 13.1 Å². The van der Waals surface area contributed by atoms with Crippen LogP contribution in [0.5, 0.6) is 0 Å². The van der Waals surface area contributed by atoms with Crippen LogP contribution in [-0.2, 0) is 4.79 Å². The lowest BCUT2D eigenvalue weighted by Gasteiger charge is -2.31. The van der Waals surface area contributed by atoms with Gasteiger partial charge < -0.3 is 9.80 Å². The average Bonchev–Trinajstić information content (AvgIpc) is 2.46. The quantitative estimate of drug-likeness (QED) is 0.848. The van der Waals surface area contributed by atoms with E-state index >= 15 is 0 Å². The summed E-state index contributed by atoms with van der Waals surface area (Å²) in [5, 5.41) is 0. The van der Waals surface area contributed by atoms with Gasteiger partial charge in [0, 0.05) is 44.4 Å². The molecule has 108 valence electrons. The Balaban J connectivity index is 2.00. The molecule has 1 amide bonds. The van der Waals surface area contributed by atoms with Gasteiger partial charge in [0.15, 0.2) is 0 Å². The molecule has 1 heterocycles. The summed E-state index contributed by atoms with van der Waals surface area (Å²) in [5.74, 6) is 0.444. The summed E-state index contributed by atoms with van der Waals surface area (Å²) in [6.07, 6.45) is 1.58. The zero-order valence-electron chi connectivity index (χ0n) is 12.4. The number of hydrogen-bond acceptors (Lipinski definition) is 3. The number of ketones is 1. The van der Waals surface area contributed by atoms with Crippen LogP contribution in [0.4, 0.5) is 5.69 Å². The fraction of sp³-hybridized carbons (Fsp3) is 0.500. The molecule has 0 aliphatic carbocycles. The van der Waals surface area contributed by atoms with Gasteiger partial charge in [0.1, 0.15) is 5.78 Å². The Hall–Kier alpha value is -1.84. The smallest absolute Gasteiger partial charge is 0.253 e. The number of amides is 1. The van der Waals surface area contributed by atoms with E-state index in [1.54, 1.807) is 6.92 Å². The number of anilines is 1. The molecule has 1 aromatic carbocycles. The van der Waals surface area contributed by atoms with E-state index in [2.05, 4.69) is 0 Å². The molecule has 1 aliphatic rings. The topological polar surface area (TPSA) is 40.6 Å². The molecule has 0 unspecified atom stereocenters. The van der Waals surface area contributed by atoms with E-state index in [4.69, 9.17) is 0 Å². The molecule has 1 saturated heterocycles. The minimum atomic E-state index is 0.0670. The predicted molar refractivity (Wildman–Crippen MR) is 80.1 cm³/mol. The predicted octanol–water partition coefficient (Wildman–Crippen LogP) is 2.19. The van der Waals surface area contributed by atoms with Crippen molar-refractivity contribution >= 4 is 17.4 Å². The minimum Gasteiger partial charge on any atom is -0.378 e. The van der Waals surface area contributed by atoms with E-state index < -0.39 is 0 Å². The van der Waals surface area contributed by atoms with Crippen molar-refractivity contribution in [2.75, 3.05) is 32.1 Å². The Morgan fingerprint density at radius 2 is 1.65 bits per heavy atom. The molecule has 2 rings (SSSR count). The van der Waals surface area contributed by atoms with E-state index in [9.17, 15) is 9.59 Å². The van der Waals surface area contributed by atoms with Crippen LogP contribution >= 0.6 is 0 Å². The van der Waals surface area contributed by atoms with Crippen molar-refractivity contribution in [1.29, 1.82) is 0 Å². The van der Waals surface area contributed by atoms with Gasteiger partial charge in [-0.15, -0.1) is 0 Å². The number of piperidine rings is 1. The highest BCUT2D eigenvalue weighted by atomic mass is 16.2. The largest absolute Gasteiger partial charge is 0.378 e. The molecule has 1 fully saturated rings. The molecule has 0 radical (unpaired) electrons. The second-order valence-electron chi connectivity index (χ2n) is 5.62. The molecule has 0 N–H and O–H groups in total. The normalized spacial score (nSPS) is 16.1. The van der Waals surface area contributed by atoms with Crippen LogP contribution in [0.2, 0.25) is 0 Å². The SMILES string of the molecule is CC(=O)C1CCN(C(=O)c2ccc(N(C)C)cc2)CC1. The van der Waals surface area contributed by atoms with Crippen molar-refractivity contribution in [3.05, 3.63) is 29.8 Å². The van der Waals surface area contributed by atoms with Crippen LogP contribution in [0.25, 0.3) is 0 Å². The molecular formula is C16H22N2O2. The zero-order valence-corrected chi connectivity index (χ0v) is 12.4. The number of nitrogens with zero attached hydrogens (tertiary/aromatic N) is 2. The maximum Gasteiger partial charge on any atom is 0.253 e. The van der Waals surface area contributed by atoms with Crippen molar-refractivity contribution in [2.45, 2.75) is 19.8 Å². The lowest BCUT2D eigenvalue weighted by molar-refractivity contribution is -0.121. The maximum absolute atomic E-state index is 12.4. The first kappa shape index (κ1) is 14.6. The van der Waals surface area contributed by atoms with Crippen LogP contribution in [0.1, 0.15) is 30.1 Å². The molecular weight excluding hydrogens is 252 g/mol. The number of carbonyl (C=O) groups excluding carboxylic acids is 2. The second kappa shape index (κ2) is 6.07. The lowest BCUT2D eigenvalue weighted by atomic mass is 9.93. The number of likely N-dealkylation sites (tertiary alicyclic amines) is 1. The van der Waals surface area contributed by atoms with Gasteiger partial charge in [0.25, 0.3) is 5.91 Å². The van der Waals surface area contributed by atoms with Crippen molar-refractivity contribution in [2.24, 2.45) is 5.92 Å². The van der Waals surface area contributed by atoms with Crippen molar-refractivity contribution in [3.63, 3.8) is 0 Å². The van der Waals surface area contributed by atoms with Crippen molar-refractivity contribution < 1.29 is 9.59 Å². The highest BCUT2D eigenvalue weighted by Crippen LogP contribution is 2.20. The number of carbonyl (C=O) groups is 2. The summed E-state index contributed by atoms with van der Waals surface area (Å²) in [5.41, 5.74) is 1.80. The Morgan fingerprint density at radius 3 is 2.10 bits per heavy atom. The third-order valence-corrected chi connectivity index (χ3v) is 3.99. The standard InChI is InChI=1S/C16H22N2O2/c1-12(19)13-8-10-18(11-9-13)16(20)14-4-6-15(7-5-14)17(2)3/h4-7,13H,8-11H2,1-3H3. The first-order valence-electron chi connectivity index (χ1n) is 7.06. The first-order valence-corrected chi connectivity index (χ1v) is 7.06. The molecule has 1 aromatic rings. The highest BCUT2D eigenvalue weighted by Gasteiger charge is 2.25. The zero-order chi connectivity index (χ0) is 14.7. The first-order chi connectivity index (χ1) is 9.49. The van der Waals surface area contributed by atoms with Gasteiger partial charge in [0.2, 0.25) is 0 Å². The summed E-state index contributed by atoms with van der Waals surface area (Å²) in [6, 6.07) is 7.65. The Bertz CT molecular complexity index is 486. The molecule has 4 nitrogen and oxygen atoms in total. The van der Waals surface area contributed by atoms with E-state index in [1.807, 2.05) is 48.2 Å². The Kier molecular flexibility index (Phi) is 4.42. The summed E-state index contributed by atoms with van der Waals surface area (Å²) < 4.78 is 0. The van der Waals surface area contributed by atoms with Gasteiger partial charge in [-0.2, -0.15) is 0 Å². The number of Topliss-reactive ketones (excluding diaryl/α,β-unsaturated/α-hetero) is 1. The van der Waals surface area contributed by atoms with Gasteiger partial charge in [-0.1, -0.05) is 0 Å². The lowest BCUT2D eigenvalue weighted by Crippen LogP contribution is -2.39. The maximum atomic E-state index is 12.4. The third-order valence-electron chi connectivity index (χ3n) is 3.99. The van der Waals surface area contributed by atoms with Crippen LogP contribution in [0.3, 0.4) is 0 Å². The Labute approximate surface area is 120 Å². The van der Waals surface area contributed by atoms with Crippen LogP contribution in [0.15, 0.2) is 24.3 Å². The van der Waals surface area contributed by atoms with Gasteiger partial charge in [-0.25, -0.2) is 0 Å². The van der Waals surface area contributed by atoms with E-state index in [1.165, 1.54) is 0 Å². The monoisotopic (exact) mass is 274 g/mol. The summed E-state index contributed by atoms with van der Waals surface area (Å²) in [6.45, 7) is 3.00. The molecule has 1 aliphatic heterocycles. The molecule has 0 saturated carbocycles. The van der Waals surface area contributed by atoms with Gasteiger partial charge in [-0.05, 0) is 44.0 Å². The number of benzene rings is 1. The van der Waals surface area contributed by atoms with Gasteiger partial charge >= 0.3 is 0 Å². The van der Waals surface area contributed by atoms with E-state index in [-0.39, 0.29) is 17.6 Å². The third kappa shape index (κ3) is 3.18. The van der Waals surface area contributed by atoms with Crippen molar-refractivity contribution in [1.82, 2.24) is 4.90 Å². The van der Waals surface area contributed by atoms with Crippen LogP contribution < -0.4 is 4.90 Å². The summed E-state index contributed by atoms with van der Waals surface area (Å²) in [4.78, 5) is 27.6.